The van der Waals surface area contributed by atoms with Crippen molar-refractivity contribution in [3.8, 4) is 0 Å². The molecule has 140 valence electrons. The molecule has 0 unspecified atom stereocenters. The van der Waals surface area contributed by atoms with Gasteiger partial charge in [0.1, 0.15) is 5.76 Å². The zero-order valence-electron chi connectivity index (χ0n) is 14.3. The molecular weight excluding hydrogens is 370 g/mol. The predicted octanol–water partition coefficient (Wildman–Crippen LogP) is 4.91. The highest BCUT2D eigenvalue weighted by Gasteiger charge is 2.17. The fourth-order valence-electron chi connectivity index (χ4n) is 2.60. The molecule has 4 nitrogen and oxygen atoms in total. The number of rotatable bonds is 8. The highest BCUT2D eigenvalue weighted by molar-refractivity contribution is 7.99. The number of benzene rings is 2. The summed E-state index contributed by atoms with van der Waals surface area (Å²) in [5.74, 6) is -2.00. The van der Waals surface area contributed by atoms with Crippen molar-refractivity contribution in [1.29, 1.82) is 0 Å². The molecule has 1 atom stereocenters. The van der Waals surface area contributed by atoms with Crippen LogP contribution in [-0.2, 0) is 4.79 Å². The van der Waals surface area contributed by atoms with Gasteiger partial charge < -0.3 is 9.73 Å². The Balaban J connectivity index is 1.59. The fourth-order valence-corrected chi connectivity index (χ4v) is 3.10. The standard InChI is InChI=1S/C20H18F2N2O2S/c21-20(22)27-16-10-8-15(9-11-16)24-18(25)13-23-19(17-7-4-12-26-17)14-5-2-1-3-6-14/h1-12,19-20,23H,13H2,(H,24,25)/t19-/m1/s1. The molecule has 0 saturated heterocycles. The molecule has 1 amide bonds. The predicted molar refractivity (Wildman–Crippen MR) is 102 cm³/mol. The van der Waals surface area contributed by atoms with Gasteiger partial charge in [-0.25, -0.2) is 0 Å². The van der Waals surface area contributed by atoms with E-state index in [0.717, 1.165) is 5.56 Å². The maximum Gasteiger partial charge on any atom is 0.288 e. The molecule has 0 spiro atoms. The van der Waals surface area contributed by atoms with Crippen molar-refractivity contribution in [1.82, 2.24) is 5.32 Å². The van der Waals surface area contributed by atoms with E-state index in [9.17, 15) is 13.6 Å². The number of halogens is 2. The Morgan fingerprint density at radius 2 is 1.74 bits per heavy atom. The first-order chi connectivity index (χ1) is 13.1. The molecule has 2 aromatic carbocycles. The molecule has 27 heavy (non-hydrogen) atoms. The summed E-state index contributed by atoms with van der Waals surface area (Å²) in [5.41, 5.74) is 1.53. The number of carbonyl (C=O) groups excluding carboxylic acids is 1. The van der Waals surface area contributed by atoms with Gasteiger partial charge in [0.25, 0.3) is 5.76 Å². The summed E-state index contributed by atoms with van der Waals surface area (Å²) < 4.78 is 30.2. The maximum atomic E-state index is 12.3. The number of nitrogens with one attached hydrogen (secondary N) is 2. The second-order valence-electron chi connectivity index (χ2n) is 5.69. The van der Waals surface area contributed by atoms with Crippen LogP contribution in [0.15, 0.2) is 82.3 Å². The lowest BCUT2D eigenvalue weighted by Gasteiger charge is -2.17. The minimum Gasteiger partial charge on any atom is -0.467 e. The van der Waals surface area contributed by atoms with Crippen LogP contribution in [0.25, 0.3) is 0 Å². The quantitative estimate of drug-likeness (QED) is 0.538. The van der Waals surface area contributed by atoms with Crippen LogP contribution in [0.5, 0.6) is 0 Å². The van der Waals surface area contributed by atoms with Crippen LogP contribution in [0.2, 0.25) is 0 Å². The lowest BCUT2D eigenvalue weighted by atomic mass is 10.0. The number of alkyl halides is 2. The average Bonchev–Trinajstić information content (AvgIpc) is 3.18. The number of hydrogen-bond donors (Lipinski definition) is 2. The summed E-state index contributed by atoms with van der Waals surface area (Å²) >= 11 is 0.467. The molecule has 0 bridgehead atoms. The van der Waals surface area contributed by atoms with Gasteiger partial charge in [0.2, 0.25) is 5.91 Å². The van der Waals surface area contributed by atoms with E-state index in [-0.39, 0.29) is 18.5 Å². The van der Waals surface area contributed by atoms with Crippen molar-refractivity contribution in [3.63, 3.8) is 0 Å². The minimum atomic E-state index is -2.47. The molecule has 3 aromatic rings. The average molecular weight is 388 g/mol. The third-order valence-corrected chi connectivity index (χ3v) is 4.51. The van der Waals surface area contributed by atoms with Crippen molar-refractivity contribution in [3.05, 3.63) is 84.3 Å². The molecule has 3 rings (SSSR count). The summed E-state index contributed by atoms with van der Waals surface area (Å²) in [6.07, 6.45) is 1.59. The monoisotopic (exact) mass is 388 g/mol. The molecule has 1 aromatic heterocycles. The second-order valence-corrected chi connectivity index (χ2v) is 6.75. The topological polar surface area (TPSA) is 54.3 Å². The molecule has 0 saturated carbocycles. The Hall–Kier alpha value is -2.64. The lowest BCUT2D eigenvalue weighted by Crippen LogP contribution is -2.31. The molecule has 0 aliphatic rings. The van der Waals surface area contributed by atoms with E-state index in [1.54, 1.807) is 36.6 Å². The van der Waals surface area contributed by atoms with Gasteiger partial charge in [-0.2, -0.15) is 8.78 Å². The minimum absolute atomic E-state index is 0.0633. The smallest absolute Gasteiger partial charge is 0.288 e. The summed E-state index contributed by atoms with van der Waals surface area (Å²) in [6, 6.07) is 19.4. The maximum absolute atomic E-state index is 12.3. The van der Waals surface area contributed by atoms with Gasteiger partial charge in [0.05, 0.1) is 18.8 Å². The van der Waals surface area contributed by atoms with Crippen molar-refractivity contribution >= 4 is 23.4 Å². The van der Waals surface area contributed by atoms with E-state index in [4.69, 9.17) is 4.42 Å². The SMILES string of the molecule is O=C(CN[C@H](c1ccccc1)c1ccco1)Nc1ccc(SC(F)F)cc1. The lowest BCUT2D eigenvalue weighted by molar-refractivity contribution is -0.115. The molecule has 0 fully saturated rings. The zero-order valence-corrected chi connectivity index (χ0v) is 15.1. The van der Waals surface area contributed by atoms with Gasteiger partial charge in [-0.1, -0.05) is 42.1 Å². The van der Waals surface area contributed by atoms with Gasteiger partial charge in [0, 0.05) is 10.6 Å². The Labute approximate surface area is 160 Å². The molecule has 1 heterocycles. The van der Waals surface area contributed by atoms with Crippen molar-refractivity contribution in [2.24, 2.45) is 0 Å². The summed E-state index contributed by atoms with van der Waals surface area (Å²) in [6.45, 7) is 0.0633. The van der Waals surface area contributed by atoms with E-state index in [1.165, 1.54) is 0 Å². The molecule has 7 heteroatoms. The number of anilines is 1. The fraction of sp³-hybridized carbons (Fsp3) is 0.150. The van der Waals surface area contributed by atoms with Gasteiger partial charge in [-0.15, -0.1) is 0 Å². The Bertz CT molecular complexity index is 840. The number of amides is 1. The van der Waals surface area contributed by atoms with Crippen LogP contribution in [0.3, 0.4) is 0 Å². The third kappa shape index (κ3) is 5.67. The van der Waals surface area contributed by atoms with Crippen LogP contribution >= 0.6 is 11.8 Å². The van der Waals surface area contributed by atoms with Gasteiger partial charge >= 0.3 is 0 Å². The second kappa shape index (κ2) is 9.34. The highest BCUT2D eigenvalue weighted by atomic mass is 32.2. The van der Waals surface area contributed by atoms with E-state index in [1.807, 2.05) is 36.4 Å². The largest absolute Gasteiger partial charge is 0.467 e. The van der Waals surface area contributed by atoms with E-state index in [0.29, 0.717) is 28.1 Å². The van der Waals surface area contributed by atoms with E-state index >= 15 is 0 Å². The van der Waals surface area contributed by atoms with Crippen LogP contribution in [0, 0.1) is 0 Å². The van der Waals surface area contributed by atoms with Crippen molar-refractivity contribution in [2.75, 3.05) is 11.9 Å². The van der Waals surface area contributed by atoms with Crippen molar-refractivity contribution in [2.45, 2.75) is 16.7 Å². The van der Waals surface area contributed by atoms with Gasteiger partial charge in [-0.3, -0.25) is 10.1 Å². The Morgan fingerprint density at radius 1 is 1.00 bits per heavy atom. The first-order valence-electron chi connectivity index (χ1n) is 8.28. The van der Waals surface area contributed by atoms with Gasteiger partial charge in [0.15, 0.2) is 0 Å². The van der Waals surface area contributed by atoms with E-state index < -0.39 is 5.76 Å². The number of hydrogen-bond acceptors (Lipinski definition) is 4. The van der Waals surface area contributed by atoms with Crippen LogP contribution in [0.4, 0.5) is 14.5 Å². The van der Waals surface area contributed by atoms with Crippen molar-refractivity contribution < 1.29 is 18.0 Å². The Kier molecular flexibility index (Phi) is 6.62. The van der Waals surface area contributed by atoms with Crippen LogP contribution < -0.4 is 10.6 Å². The van der Waals surface area contributed by atoms with E-state index in [2.05, 4.69) is 10.6 Å². The number of furan rings is 1. The third-order valence-electron chi connectivity index (χ3n) is 3.79. The zero-order chi connectivity index (χ0) is 19.1. The Morgan fingerprint density at radius 3 is 2.37 bits per heavy atom. The highest BCUT2D eigenvalue weighted by Crippen LogP contribution is 2.26. The summed E-state index contributed by atoms with van der Waals surface area (Å²) in [4.78, 5) is 12.7. The van der Waals surface area contributed by atoms with Crippen LogP contribution in [0.1, 0.15) is 17.4 Å². The first-order valence-corrected chi connectivity index (χ1v) is 9.16. The molecule has 0 radical (unpaired) electrons. The number of thioether (sulfide) groups is 1. The van der Waals surface area contributed by atoms with Gasteiger partial charge in [-0.05, 0) is 42.0 Å². The summed E-state index contributed by atoms with van der Waals surface area (Å²) in [5, 5.41) is 5.93. The molecular formula is C20H18F2N2O2S. The van der Waals surface area contributed by atoms with Crippen LogP contribution in [-0.4, -0.2) is 18.2 Å². The number of carbonyl (C=O) groups is 1. The summed E-state index contributed by atoms with van der Waals surface area (Å²) in [7, 11) is 0. The molecule has 2 N–H and O–H groups in total. The normalized spacial score (nSPS) is 12.1. The molecule has 0 aliphatic carbocycles. The molecule has 0 aliphatic heterocycles. The first kappa shape index (κ1) is 19.1.